The summed E-state index contributed by atoms with van der Waals surface area (Å²) in [6.45, 7) is 0. The van der Waals surface area contributed by atoms with Gasteiger partial charge in [0, 0.05) is 5.56 Å². The van der Waals surface area contributed by atoms with Crippen molar-refractivity contribution in [3.63, 3.8) is 0 Å². The van der Waals surface area contributed by atoms with Crippen molar-refractivity contribution in [2.24, 2.45) is 0 Å². The van der Waals surface area contributed by atoms with E-state index >= 15 is 0 Å². The molecule has 4 nitrogen and oxygen atoms in total. The molecule has 0 radical (unpaired) electrons. The van der Waals surface area contributed by atoms with Gasteiger partial charge in [0.25, 0.3) is 0 Å². The highest BCUT2D eigenvalue weighted by Crippen LogP contribution is 2.37. The van der Waals surface area contributed by atoms with Crippen LogP contribution >= 0.6 is 34.8 Å². The zero-order valence-electron chi connectivity index (χ0n) is 12.6. The largest absolute Gasteiger partial charge is 0.478 e. The third kappa shape index (κ3) is 6.74. The van der Waals surface area contributed by atoms with Crippen LogP contribution in [0.4, 0.5) is 13.2 Å². The van der Waals surface area contributed by atoms with E-state index in [0.717, 1.165) is 24.3 Å². The van der Waals surface area contributed by atoms with E-state index in [1.165, 1.54) is 24.3 Å². The van der Waals surface area contributed by atoms with Gasteiger partial charge < -0.3 is 10.2 Å². The average molecular weight is 430 g/mol. The molecule has 2 rings (SSSR count). The molecule has 0 saturated carbocycles. The molecular formula is C16H10Cl3F3O4. The summed E-state index contributed by atoms with van der Waals surface area (Å²) in [6.07, 6.45) is -4.42. The quantitative estimate of drug-likeness (QED) is 0.608. The number of aromatic carboxylic acids is 2. The van der Waals surface area contributed by atoms with Crippen molar-refractivity contribution in [1.29, 1.82) is 0 Å². The number of halogens is 6. The van der Waals surface area contributed by atoms with Gasteiger partial charge in [-0.25, -0.2) is 9.59 Å². The molecular weight excluding hydrogens is 420 g/mol. The molecule has 0 spiro atoms. The highest BCUT2D eigenvalue weighted by molar-refractivity contribution is 6.66. The lowest BCUT2D eigenvalue weighted by molar-refractivity contribution is -0.137. The summed E-state index contributed by atoms with van der Waals surface area (Å²) in [4.78, 5) is 20.7. The van der Waals surface area contributed by atoms with Crippen LogP contribution in [0.15, 0.2) is 48.5 Å². The Morgan fingerprint density at radius 1 is 0.692 bits per heavy atom. The van der Waals surface area contributed by atoms with Crippen molar-refractivity contribution in [2.45, 2.75) is 9.97 Å². The first kappa shape index (κ1) is 22.1. The van der Waals surface area contributed by atoms with E-state index in [-0.39, 0.29) is 11.1 Å². The maximum atomic E-state index is 12.0. The number of alkyl halides is 6. The fourth-order valence-corrected chi connectivity index (χ4v) is 1.98. The molecule has 0 atom stereocenters. The molecule has 0 bridgehead atoms. The molecule has 0 aromatic heterocycles. The van der Waals surface area contributed by atoms with Crippen LogP contribution in [0.5, 0.6) is 0 Å². The smallest absolute Gasteiger partial charge is 0.416 e. The van der Waals surface area contributed by atoms with E-state index in [4.69, 9.17) is 45.0 Å². The van der Waals surface area contributed by atoms with Gasteiger partial charge in [-0.05, 0) is 36.4 Å². The zero-order chi connectivity index (χ0) is 20.1. The second kappa shape index (κ2) is 8.62. The summed E-state index contributed by atoms with van der Waals surface area (Å²) in [7, 11) is 0. The van der Waals surface area contributed by atoms with Gasteiger partial charge in [-0.2, -0.15) is 13.2 Å². The highest BCUT2D eigenvalue weighted by atomic mass is 35.6. The first-order valence-electron chi connectivity index (χ1n) is 6.63. The normalized spacial score (nSPS) is 11.3. The minimum Gasteiger partial charge on any atom is -0.478 e. The molecule has 2 aromatic rings. The lowest BCUT2D eigenvalue weighted by Gasteiger charge is -2.10. The van der Waals surface area contributed by atoms with E-state index in [1.54, 1.807) is 0 Å². The van der Waals surface area contributed by atoms with Crippen LogP contribution in [0.2, 0.25) is 0 Å². The highest BCUT2D eigenvalue weighted by Gasteiger charge is 2.30. The molecule has 0 aliphatic rings. The standard InChI is InChI=1S/C8H5Cl3O2.C8H5F3O2/c2*9-8(10,11)6-3-1-5(2-4-6)7(12)13/h2*1-4H,(H,12,13). The van der Waals surface area contributed by atoms with Crippen LogP contribution in [0.1, 0.15) is 31.8 Å². The number of carboxylic acid groups (broad SMARTS) is 2. The van der Waals surface area contributed by atoms with E-state index in [1.807, 2.05) is 0 Å². The third-order valence-corrected chi connectivity index (χ3v) is 3.57. The van der Waals surface area contributed by atoms with Crippen LogP contribution in [0.25, 0.3) is 0 Å². The Morgan fingerprint density at radius 3 is 1.23 bits per heavy atom. The van der Waals surface area contributed by atoms with Crippen molar-refractivity contribution in [1.82, 2.24) is 0 Å². The van der Waals surface area contributed by atoms with E-state index < -0.39 is 27.5 Å². The molecule has 0 heterocycles. The minimum atomic E-state index is -4.42. The molecule has 2 N–H and O–H groups in total. The predicted octanol–water partition coefficient (Wildman–Crippen LogP) is 5.62. The van der Waals surface area contributed by atoms with Gasteiger partial charge in [-0.3, -0.25) is 0 Å². The van der Waals surface area contributed by atoms with E-state index in [2.05, 4.69) is 0 Å². The first-order chi connectivity index (χ1) is 11.8. The lowest BCUT2D eigenvalue weighted by atomic mass is 10.1. The predicted molar refractivity (Wildman–Crippen MR) is 91.0 cm³/mol. The van der Waals surface area contributed by atoms with Crippen LogP contribution in [-0.2, 0) is 9.97 Å². The van der Waals surface area contributed by atoms with Crippen molar-refractivity contribution >= 4 is 46.7 Å². The topological polar surface area (TPSA) is 74.6 Å². The maximum Gasteiger partial charge on any atom is 0.416 e. The molecule has 26 heavy (non-hydrogen) atoms. The van der Waals surface area contributed by atoms with Crippen LogP contribution in [-0.4, -0.2) is 22.2 Å². The van der Waals surface area contributed by atoms with Gasteiger partial charge in [0.1, 0.15) is 0 Å². The summed E-state index contributed by atoms with van der Waals surface area (Å²) in [5.41, 5.74) is -0.397. The van der Waals surface area contributed by atoms with Gasteiger partial charge in [0.05, 0.1) is 16.7 Å². The van der Waals surface area contributed by atoms with Crippen LogP contribution in [0, 0.1) is 0 Å². The number of rotatable bonds is 2. The Kier molecular flexibility index (Phi) is 7.32. The summed E-state index contributed by atoms with van der Waals surface area (Å²) in [6, 6.07) is 9.04. The molecule has 0 fully saturated rings. The summed E-state index contributed by atoms with van der Waals surface area (Å²) < 4.78 is 34.4. The molecule has 140 valence electrons. The second-order valence-electron chi connectivity index (χ2n) is 4.76. The van der Waals surface area contributed by atoms with Gasteiger partial charge in [-0.15, -0.1) is 0 Å². The molecule has 0 saturated heterocycles. The van der Waals surface area contributed by atoms with E-state index in [9.17, 15) is 22.8 Å². The third-order valence-electron chi connectivity index (χ3n) is 2.92. The van der Waals surface area contributed by atoms with Gasteiger partial charge in [0.15, 0.2) is 0 Å². The summed E-state index contributed by atoms with van der Waals surface area (Å²) in [5, 5.41) is 17.0. The fourth-order valence-electron chi connectivity index (χ4n) is 1.60. The number of carboxylic acids is 2. The lowest BCUT2D eigenvalue weighted by Crippen LogP contribution is -2.05. The first-order valence-corrected chi connectivity index (χ1v) is 7.77. The van der Waals surface area contributed by atoms with Crippen molar-refractivity contribution < 1.29 is 33.0 Å². The number of carbonyl (C=O) groups is 2. The van der Waals surface area contributed by atoms with Crippen molar-refractivity contribution in [3.8, 4) is 0 Å². The molecule has 0 unspecified atom stereocenters. The molecule has 2 aromatic carbocycles. The summed E-state index contributed by atoms with van der Waals surface area (Å²) >= 11 is 16.7. The average Bonchev–Trinajstić information content (AvgIpc) is 2.54. The van der Waals surface area contributed by atoms with Gasteiger partial charge in [0.2, 0.25) is 3.79 Å². The van der Waals surface area contributed by atoms with Gasteiger partial charge in [-0.1, -0.05) is 46.9 Å². The SMILES string of the molecule is O=C(O)c1ccc(C(Cl)(Cl)Cl)cc1.O=C(O)c1ccc(C(F)(F)F)cc1. The molecule has 0 aliphatic heterocycles. The van der Waals surface area contributed by atoms with E-state index in [0.29, 0.717) is 5.56 Å². The maximum absolute atomic E-state index is 12.0. The monoisotopic (exact) mass is 428 g/mol. The minimum absolute atomic E-state index is 0.159. The number of hydrogen-bond donors (Lipinski definition) is 2. The Balaban J connectivity index is 0.000000260. The molecule has 0 aliphatic carbocycles. The van der Waals surface area contributed by atoms with Crippen LogP contribution in [0.3, 0.4) is 0 Å². The number of hydrogen-bond acceptors (Lipinski definition) is 2. The zero-order valence-corrected chi connectivity index (χ0v) is 14.9. The second-order valence-corrected chi connectivity index (χ2v) is 7.04. The van der Waals surface area contributed by atoms with Crippen LogP contribution < -0.4 is 0 Å². The fraction of sp³-hybridized carbons (Fsp3) is 0.125. The molecule has 0 amide bonds. The van der Waals surface area contributed by atoms with Crippen molar-refractivity contribution in [3.05, 3.63) is 70.8 Å². The molecule has 10 heteroatoms. The number of benzene rings is 2. The Bertz CT molecular complexity index is 700. The summed E-state index contributed by atoms with van der Waals surface area (Å²) in [5.74, 6) is -2.25. The Hall–Kier alpha value is -1.96. The Labute approximate surface area is 160 Å². The van der Waals surface area contributed by atoms with Gasteiger partial charge >= 0.3 is 18.1 Å². The Morgan fingerprint density at radius 2 is 1.00 bits per heavy atom. The van der Waals surface area contributed by atoms with Crippen molar-refractivity contribution in [2.75, 3.05) is 0 Å².